The average Bonchev–Trinajstić information content (AvgIpc) is 4.24. The molecule has 29 heteroatoms. The molecule has 2 unspecified atom stereocenters. The number of hydrogen-bond acceptors (Lipinski definition) is 20. The SMILES string of the molecule is C#CCC1CCN(C(=O)Oc2ccc(F)c(F)c2)CC1.Nc1nc(C#CCC2CCN(C(=O)Oc3ccc(F)c(F)c3)CC2)nc2c1ncn2[C@@H]1O[C@H](CO)[C@H](O)C1O.Nc1nc(I)nc2c1ncn2[C@@H]1O[C@H](CO)[C@H](O)C1O. The van der Waals surface area contributed by atoms with Gasteiger partial charge in [0.15, 0.2) is 62.5 Å². The van der Waals surface area contributed by atoms with Gasteiger partial charge in [-0.1, -0.05) is 5.92 Å². The number of likely N-dealkylation sites (tertiary alicyclic amines) is 2. The van der Waals surface area contributed by atoms with E-state index >= 15 is 0 Å². The summed E-state index contributed by atoms with van der Waals surface area (Å²) >= 11 is 1.92. The Balaban J connectivity index is 0.000000172. The Kier molecular flexibility index (Phi) is 19.0. The fourth-order valence-electron chi connectivity index (χ4n) is 8.99. The van der Waals surface area contributed by atoms with Crippen LogP contribution in [-0.2, 0) is 9.47 Å². The summed E-state index contributed by atoms with van der Waals surface area (Å²) in [7, 11) is 0. The Morgan fingerprint density at radius 1 is 0.658 bits per heavy atom. The van der Waals surface area contributed by atoms with Crippen molar-refractivity contribution in [3.63, 3.8) is 0 Å². The molecule has 420 valence electrons. The van der Waals surface area contributed by atoms with Crippen LogP contribution in [-0.4, -0.2) is 168 Å². The largest absolute Gasteiger partial charge is 0.415 e. The summed E-state index contributed by atoms with van der Waals surface area (Å²) in [6, 6.07) is 5.92. The van der Waals surface area contributed by atoms with Gasteiger partial charge in [-0.05, 0) is 67.7 Å². The van der Waals surface area contributed by atoms with Crippen LogP contribution < -0.4 is 20.9 Å². The predicted octanol–water partition coefficient (Wildman–Crippen LogP) is 2.77. The number of rotatable bonds is 8. The van der Waals surface area contributed by atoms with E-state index in [1.54, 1.807) is 4.90 Å². The van der Waals surface area contributed by atoms with Crippen molar-refractivity contribution in [2.75, 3.05) is 50.9 Å². The number of hydrogen-bond donors (Lipinski definition) is 8. The fourth-order valence-corrected chi connectivity index (χ4v) is 9.48. The van der Waals surface area contributed by atoms with Gasteiger partial charge >= 0.3 is 12.2 Å². The molecule has 4 fully saturated rings. The maximum atomic E-state index is 13.3. The van der Waals surface area contributed by atoms with Gasteiger partial charge < -0.3 is 70.9 Å². The van der Waals surface area contributed by atoms with Crippen LogP contribution in [0.25, 0.3) is 22.3 Å². The lowest BCUT2D eigenvalue weighted by Gasteiger charge is -2.30. The van der Waals surface area contributed by atoms with Crippen molar-refractivity contribution in [2.45, 2.75) is 87.6 Å². The summed E-state index contributed by atoms with van der Waals surface area (Å²) in [6.45, 7) is 1.12. The molecule has 0 saturated carbocycles. The molecule has 0 spiro atoms. The molecule has 0 aliphatic carbocycles. The molecule has 10 rings (SSSR count). The van der Waals surface area contributed by atoms with Gasteiger partial charge in [0, 0.05) is 73.7 Å². The van der Waals surface area contributed by atoms with E-state index in [-0.39, 0.29) is 46.0 Å². The minimum absolute atomic E-state index is 0.000326. The Bertz CT molecular complexity index is 3260. The third-order valence-corrected chi connectivity index (χ3v) is 13.9. The number of terminal acetylenes is 1. The van der Waals surface area contributed by atoms with Gasteiger partial charge in [0.1, 0.15) is 59.2 Å². The minimum atomic E-state index is -1.31. The topological polar surface area (TPSA) is 338 Å². The Labute approximate surface area is 460 Å². The van der Waals surface area contributed by atoms with Crippen LogP contribution >= 0.6 is 22.6 Å². The molecule has 0 radical (unpaired) electrons. The van der Waals surface area contributed by atoms with Gasteiger partial charge in [0.25, 0.3) is 0 Å². The van der Waals surface area contributed by atoms with Crippen LogP contribution in [0.3, 0.4) is 0 Å². The number of piperidine rings is 2. The van der Waals surface area contributed by atoms with Crippen molar-refractivity contribution >= 4 is 68.7 Å². The first-order valence-corrected chi connectivity index (χ1v) is 25.6. The van der Waals surface area contributed by atoms with Crippen molar-refractivity contribution in [3.05, 3.63) is 82.0 Å². The number of halogens is 5. The lowest BCUT2D eigenvalue weighted by Crippen LogP contribution is -2.40. The van der Waals surface area contributed by atoms with Crippen molar-refractivity contribution in [1.29, 1.82) is 0 Å². The second-order valence-electron chi connectivity index (χ2n) is 18.6. The van der Waals surface area contributed by atoms with Crippen molar-refractivity contribution < 1.29 is 76.7 Å². The molecular formula is C50H53F4IN12O12. The predicted molar refractivity (Wildman–Crippen MR) is 277 cm³/mol. The van der Waals surface area contributed by atoms with E-state index in [0.717, 1.165) is 37.1 Å². The quantitative estimate of drug-likeness (QED) is 0.0470. The molecule has 8 atom stereocenters. The third kappa shape index (κ3) is 13.5. The highest BCUT2D eigenvalue weighted by Crippen LogP contribution is 2.34. The van der Waals surface area contributed by atoms with Crippen molar-refractivity contribution in [3.8, 4) is 35.7 Å². The Hall–Kier alpha value is -7.07. The number of nitrogen functional groups attached to an aromatic ring is 2. The average molecular weight is 1220 g/mol. The number of nitrogens with zero attached hydrogens (tertiary/aromatic N) is 10. The van der Waals surface area contributed by atoms with Gasteiger partial charge in [0.2, 0.25) is 5.82 Å². The molecule has 10 N–H and O–H groups in total. The number of carbonyl (C=O) groups is 2. The summed E-state index contributed by atoms with van der Waals surface area (Å²) in [5.41, 5.74) is 13.1. The minimum Gasteiger partial charge on any atom is -0.410 e. The van der Waals surface area contributed by atoms with E-state index in [9.17, 15) is 52.7 Å². The molecule has 4 aliphatic heterocycles. The van der Waals surface area contributed by atoms with E-state index in [1.165, 1.54) is 38.8 Å². The van der Waals surface area contributed by atoms with E-state index in [0.29, 0.717) is 72.8 Å². The zero-order chi connectivity index (χ0) is 56.7. The number of amides is 2. The van der Waals surface area contributed by atoms with Crippen LogP contribution in [0.1, 0.15) is 56.8 Å². The summed E-state index contributed by atoms with van der Waals surface area (Å²) in [5, 5.41) is 58.7. The summed E-state index contributed by atoms with van der Waals surface area (Å²) in [4.78, 5) is 52.3. The van der Waals surface area contributed by atoms with Crippen LogP contribution in [0, 0.1) is 63.1 Å². The monoisotopic (exact) mass is 1220 g/mol. The lowest BCUT2D eigenvalue weighted by molar-refractivity contribution is -0.0511. The van der Waals surface area contributed by atoms with Gasteiger partial charge in [-0.25, -0.2) is 57.1 Å². The zero-order valence-electron chi connectivity index (χ0n) is 41.6. The van der Waals surface area contributed by atoms with Crippen LogP contribution in [0.5, 0.6) is 11.5 Å². The smallest absolute Gasteiger partial charge is 0.410 e. The first-order chi connectivity index (χ1) is 37.9. The number of carbonyl (C=O) groups excluding carboxylic acids is 2. The number of ether oxygens (including phenoxy) is 4. The number of anilines is 2. The molecule has 4 aromatic heterocycles. The summed E-state index contributed by atoms with van der Waals surface area (Å²) in [5.74, 6) is 5.46. The molecular weight excluding hydrogens is 1160 g/mol. The van der Waals surface area contributed by atoms with E-state index in [4.69, 9.17) is 41.9 Å². The molecule has 24 nitrogen and oxygen atoms in total. The summed E-state index contributed by atoms with van der Waals surface area (Å²) < 4.78 is 76.7. The Morgan fingerprint density at radius 2 is 1.10 bits per heavy atom. The molecule has 79 heavy (non-hydrogen) atoms. The maximum absolute atomic E-state index is 13.3. The Morgan fingerprint density at radius 3 is 1.53 bits per heavy atom. The lowest BCUT2D eigenvalue weighted by atomic mass is 9.94. The van der Waals surface area contributed by atoms with Crippen molar-refractivity contribution in [2.24, 2.45) is 11.8 Å². The van der Waals surface area contributed by atoms with Gasteiger partial charge in [-0.2, -0.15) is 0 Å². The highest BCUT2D eigenvalue weighted by atomic mass is 127. The molecule has 6 aromatic rings. The molecule has 4 aliphatic rings. The van der Waals surface area contributed by atoms with Crippen LogP contribution in [0.4, 0.5) is 38.8 Å². The first-order valence-electron chi connectivity index (χ1n) is 24.5. The number of aromatic nitrogens is 8. The number of aliphatic hydroxyl groups is 6. The number of fused-ring (bicyclic) bond motifs is 2. The number of nitrogens with two attached hydrogens (primary N) is 2. The van der Waals surface area contributed by atoms with Crippen LogP contribution in [0.2, 0.25) is 0 Å². The third-order valence-electron chi connectivity index (χ3n) is 13.4. The first kappa shape index (κ1) is 58.1. The van der Waals surface area contributed by atoms with Crippen LogP contribution in [0.15, 0.2) is 49.1 Å². The van der Waals surface area contributed by atoms with Gasteiger partial charge in [-0.15, -0.1) is 12.3 Å². The highest BCUT2D eigenvalue weighted by molar-refractivity contribution is 14.1. The number of imidazole rings is 2. The van der Waals surface area contributed by atoms with Crippen molar-refractivity contribution in [1.82, 2.24) is 48.8 Å². The normalized spacial score (nSPS) is 23.3. The maximum Gasteiger partial charge on any atom is 0.415 e. The summed E-state index contributed by atoms with van der Waals surface area (Å²) in [6.07, 6.45) is 2.37. The zero-order valence-corrected chi connectivity index (χ0v) is 43.8. The van der Waals surface area contributed by atoms with E-state index in [2.05, 4.69) is 47.7 Å². The fraction of sp³-hybridized carbons (Fsp3) is 0.440. The molecule has 2 amide bonds. The highest BCUT2D eigenvalue weighted by Gasteiger charge is 2.45. The second-order valence-corrected chi connectivity index (χ2v) is 19.5. The number of aliphatic hydroxyl groups excluding tert-OH is 6. The number of benzene rings is 2. The molecule has 8 heterocycles. The molecule has 4 saturated heterocycles. The molecule has 0 bridgehead atoms. The van der Waals surface area contributed by atoms with Gasteiger partial charge in [-0.3, -0.25) is 9.13 Å². The van der Waals surface area contributed by atoms with E-state index < -0.39 is 97.7 Å². The standard InChI is InChI=1S/C25H26F2N6O6.C15H15F2NO2.C10H12IN5O4/c26-15-5-4-14(10-16(15)27)38-25(37)32-8-6-13(7-9-32)2-1-3-18-30-22(28)19-23(31-18)33(12-29-19)24-21(36)20(35)17(11-34)39-24;1-2-3-11-6-8-18(9-7-11)15(19)20-12-4-5-13(16)14(17)10-12;11-10-14-7(12)4-8(15-10)16(2-13-4)9-6(19)5(18)3(1-17)20-9/h4-5,10,12-13,17,20-21,24,34-36H,2,6-9,11H2,(H2,28,30,31);1,4-5,10-11H,3,6-9H2;2-3,5-6,9,17-19H,1H2,(H2,12,14,15)/t17-,20+,21?,24-;;3-,5+,6?,9-/m1.1/s1. The van der Waals surface area contributed by atoms with Gasteiger partial charge in [0.05, 0.1) is 25.9 Å². The second kappa shape index (κ2) is 25.8. The van der Waals surface area contributed by atoms with E-state index in [1.807, 2.05) is 22.6 Å². The molecule has 2 aromatic carbocycles.